The number of carbonyl (C=O) groups is 1. The number of aliphatic hydroxyl groups excluding tert-OH is 1. The van der Waals surface area contributed by atoms with Crippen LogP contribution in [-0.2, 0) is 19.5 Å². The molecule has 3 aromatic rings. The summed E-state index contributed by atoms with van der Waals surface area (Å²) in [6.45, 7) is 3.95. The summed E-state index contributed by atoms with van der Waals surface area (Å²) in [5.74, 6) is 2.06. The number of rotatable bonds is 7. The monoisotopic (exact) mass is 462 g/mol. The molecule has 0 bridgehead atoms. The fourth-order valence-corrected chi connectivity index (χ4v) is 4.77. The van der Waals surface area contributed by atoms with Crippen LogP contribution in [0.25, 0.3) is 11.4 Å². The third kappa shape index (κ3) is 5.09. The van der Waals surface area contributed by atoms with Crippen molar-refractivity contribution in [2.24, 2.45) is 11.8 Å². The van der Waals surface area contributed by atoms with E-state index in [2.05, 4.69) is 31.8 Å². The average molecular weight is 463 g/mol. The molecule has 0 unspecified atom stereocenters. The van der Waals surface area contributed by atoms with E-state index in [4.69, 9.17) is 4.74 Å². The second-order valence-electron chi connectivity index (χ2n) is 9.34. The largest absolute Gasteiger partial charge is 0.493 e. The van der Waals surface area contributed by atoms with Gasteiger partial charge in [0.2, 0.25) is 5.82 Å². The van der Waals surface area contributed by atoms with Gasteiger partial charge in [-0.15, -0.1) is 10.2 Å². The Morgan fingerprint density at radius 3 is 2.82 bits per heavy atom. The first-order valence-electron chi connectivity index (χ1n) is 12.0. The number of amides is 1. The number of ether oxygens (including phenoxy) is 1. The van der Waals surface area contributed by atoms with Gasteiger partial charge in [0.05, 0.1) is 13.2 Å². The van der Waals surface area contributed by atoms with Crippen LogP contribution in [0.2, 0.25) is 0 Å². The van der Waals surface area contributed by atoms with E-state index < -0.39 is 0 Å². The van der Waals surface area contributed by atoms with Gasteiger partial charge < -0.3 is 15.2 Å². The molecule has 2 N–H and O–H groups in total. The Morgan fingerprint density at radius 2 is 2.00 bits per heavy atom. The van der Waals surface area contributed by atoms with Crippen molar-refractivity contribution in [2.45, 2.75) is 52.1 Å². The zero-order chi connectivity index (χ0) is 23.5. The lowest BCUT2D eigenvalue weighted by molar-refractivity contribution is 0.0945. The lowest BCUT2D eigenvalue weighted by atomic mass is 9.82. The zero-order valence-electron chi connectivity index (χ0n) is 19.4. The molecule has 9 nitrogen and oxygen atoms in total. The van der Waals surface area contributed by atoms with Crippen LogP contribution >= 0.6 is 0 Å². The summed E-state index contributed by atoms with van der Waals surface area (Å²) >= 11 is 0. The number of nitrogens with zero attached hydrogens (tertiary/aromatic N) is 5. The lowest BCUT2D eigenvalue weighted by Gasteiger charge is -2.26. The number of hydrogen-bond donors (Lipinski definition) is 2. The minimum Gasteiger partial charge on any atom is -0.493 e. The first-order chi connectivity index (χ1) is 16.6. The van der Waals surface area contributed by atoms with Crippen molar-refractivity contribution in [1.29, 1.82) is 0 Å². The molecule has 1 aliphatic heterocycles. The number of benzene rings is 1. The number of aryl methyl sites for hydroxylation is 1. The highest BCUT2D eigenvalue weighted by atomic mass is 16.5. The van der Waals surface area contributed by atoms with Gasteiger partial charge in [-0.2, -0.15) is 4.80 Å². The summed E-state index contributed by atoms with van der Waals surface area (Å²) in [6.07, 6.45) is 5.15. The highest BCUT2D eigenvalue weighted by molar-refractivity contribution is 5.93. The number of nitrogens with one attached hydrogen (secondary N) is 1. The number of fused-ring (bicyclic) bond motifs is 1. The van der Waals surface area contributed by atoms with E-state index in [1.807, 2.05) is 25.1 Å². The molecule has 5 rings (SSSR count). The summed E-state index contributed by atoms with van der Waals surface area (Å²) in [5, 5.41) is 25.3. The summed E-state index contributed by atoms with van der Waals surface area (Å²) < 4.78 is 5.61. The third-order valence-corrected chi connectivity index (χ3v) is 6.76. The number of hydrogen-bond acceptors (Lipinski definition) is 7. The molecule has 3 heterocycles. The van der Waals surface area contributed by atoms with Crippen LogP contribution in [0.1, 0.15) is 53.0 Å². The highest BCUT2D eigenvalue weighted by Gasteiger charge is 2.22. The molecule has 0 atom stereocenters. The van der Waals surface area contributed by atoms with Gasteiger partial charge in [-0.05, 0) is 79.0 Å². The van der Waals surface area contributed by atoms with Crippen molar-refractivity contribution in [3.8, 4) is 17.1 Å². The average Bonchev–Trinajstić information content (AvgIpc) is 3.52. The van der Waals surface area contributed by atoms with Crippen LogP contribution in [0.3, 0.4) is 0 Å². The minimum atomic E-state index is -0.251. The summed E-state index contributed by atoms with van der Waals surface area (Å²) in [4.78, 5) is 18.9. The quantitative estimate of drug-likeness (QED) is 0.555. The first-order valence-corrected chi connectivity index (χ1v) is 12.0. The smallest absolute Gasteiger partial charge is 0.270 e. The predicted octanol–water partition coefficient (Wildman–Crippen LogP) is 2.71. The normalized spacial score (nSPS) is 19.5. The van der Waals surface area contributed by atoms with Crippen LogP contribution in [-0.4, -0.2) is 49.4 Å². The Labute approximate surface area is 198 Å². The Morgan fingerprint density at radius 1 is 1.18 bits per heavy atom. The molecule has 2 aromatic heterocycles. The van der Waals surface area contributed by atoms with Gasteiger partial charge in [-0.25, -0.2) is 4.98 Å². The molecule has 2 aliphatic rings. The van der Waals surface area contributed by atoms with Gasteiger partial charge in [0, 0.05) is 30.8 Å². The molecule has 1 aromatic carbocycles. The van der Waals surface area contributed by atoms with Gasteiger partial charge in [-0.3, -0.25) is 4.79 Å². The SMILES string of the molecule is Cc1cc(-c2nnn(CC3CCC(CO)CC3)n2)cc(C(=O)NCc2ccc3c(c2)OCC3)n1. The molecular formula is C25H30N6O3. The molecule has 0 radical (unpaired) electrons. The van der Waals surface area contributed by atoms with Crippen molar-refractivity contribution < 1.29 is 14.6 Å². The number of aliphatic hydroxyl groups is 1. The first kappa shape index (κ1) is 22.5. The van der Waals surface area contributed by atoms with E-state index in [1.54, 1.807) is 10.9 Å². The molecular weight excluding hydrogens is 432 g/mol. The topological polar surface area (TPSA) is 115 Å². The highest BCUT2D eigenvalue weighted by Crippen LogP contribution is 2.29. The standard InChI is InChI=1S/C25H30N6O3/c1-16-10-21(24-28-30-31(29-24)14-17-2-4-18(15-32)5-3-17)12-22(27-16)25(33)26-13-19-6-7-20-8-9-34-23(20)11-19/h6-7,10-12,17-18,32H,2-5,8-9,13-15H2,1H3,(H,26,33). The van der Waals surface area contributed by atoms with Crippen LogP contribution in [0.15, 0.2) is 30.3 Å². The van der Waals surface area contributed by atoms with Gasteiger partial charge >= 0.3 is 0 Å². The molecule has 1 aliphatic carbocycles. The summed E-state index contributed by atoms with van der Waals surface area (Å²) in [6, 6.07) is 9.63. The molecule has 1 fully saturated rings. The zero-order valence-corrected chi connectivity index (χ0v) is 19.4. The Hall–Kier alpha value is -3.33. The van der Waals surface area contributed by atoms with Gasteiger partial charge in [0.15, 0.2) is 0 Å². The van der Waals surface area contributed by atoms with Crippen LogP contribution in [0.5, 0.6) is 5.75 Å². The summed E-state index contributed by atoms with van der Waals surface area (Å²) in [5.41, 5.74) is 3.95. The maximum atomic E-state index is 12.8. The molecule has 1 amide bonds. The molecule has 9 heteroatoms. The van der Waals surface area contributed by atoms with Gasteiger partial charge in [0.25, 0.3) is 5.91 Å². The van der Waals surface area contributed by atoms with Crippen molar-refractivity contribution in [3.63, 3.8) is 0 Å². The van der Waals surface area contributed by atoms with Crippen LogP contribution in [0, 0.1) is 18.8 Å². The van der Waals surface area contributed by atoms with Crippen LogP contribution in [0.4, 0.5) is 0 Å². The molecule has 1 saturated carbocycles. The second-order valence-corrected chi connectivity index (χ2v) is 9.34. The van der Waals surface area contributed by atoms with Gasteiger partial charge in [-0.1, -0.05) is 12.1 Å². The maximum absolute atomic E-state index is 12.8. The van der Waals surface area contributed by atoms with E-state index in [9.17, 15) is 9.90 Å². The van der Waals surface area contributed by atoms with E-state index in [1.165, 1.54) is 5.56 Å². The van der Waals surface area contributed by atoms with Crippen molar-refractivity contribution in [1.82, 2.24) is 30.5 Å². The van der Waals surface area contributed by atoms with E-state index in [-0.39, 0.29) is 12.5 Å². The fraction of sp³-hybridized carbons (Fsp3) is 0.480. The Kier molecular flexibility index (Phi) is 6.53. The van der Waals surface area contributed by atoms with Gasteiger partial charge in [0.1, 0.15) is 11.4 Å². The Bertz CT molecular complexity index is 1170. The number of tetrazole rings is 1. The fourth-order valence-electron chi connectivity index (χ4n) is 4.77. The van der Waals surface area contributed by atoms with E-state index >= 15 is 0 Å². The van der Waals surface area contributed by atoms with Crippen LogP contribution < -0.4 is 10.1 Å². The Balaban J connectivity index is 1.23. The molecule has 34 heavy (non-hydrogen) atoms. The third-order valence-electron chi connectivity index (χ3n) is 6.76. The van der Waals surface area contributed by atoms with Crippen molar-refractivity contribution in [3.05, 3.63) is 52.8 Å². The molecule has 178 valence electrons. The number of aromatic nitrogens is 5. The lowest BCUT2D eigenvalue weighted by Crippen LogP contribution is -2.24. The minimum absolute atomic E-state index is 0.251. The number of pyridine rings is 1. The molecule has 0 spiro atoms. The molecule has 0 saturated heterocycles. The number of carbonyl (C=O) groups excluding carboxylic acids is 1. The van der Waals surface area contributed by atoms with E-state index in [0.29, 0.717) is 48.7 Å². The van der Waals surface area contributed by atoms with E-state index in [0.717, 1.165) is 49.0 Å². The summed E-state index contributed by atoms with van der Waals surface area (Å²) in [7, 11) is 0. The maximum Gasteiger partial charge on any atom is 0.270 e. The van der Waals surface area contributed by atoms with Crippen molar-refractivity contribution in [2.75, 3.05) is 13.2 Å². The predicted molar refractivity (Wildman–Crippen MR) is 125 cm³/mol. The second kappa shape index (κ2) is 9.89. The van der Waals surface area contributed by atoms with Crippen molar-refractivity contribution >= 4 is 5.91 Å².